The van der Waals surface area contributed by atoms with Crippen LogP contribution in [0.2, 0.25) is 0 Å². The minimum atomic E-state index is 0.644. The molecule has 2 N–H and O–H groups in total. The molecule has 1 aliphatic heterocycles. The monoisotopic (exact) mass is 248 g/mol. The molecule has 3 rings (SSSR count). The lowest BCUT2D eigenvalue weighted by Crippen LogP contribution is -2.22. The fourth-order valence-corrected chi connectivity index (χ4v) is 2.17. The molecule has 0 bridgehead atoms. The van der Waals surface area contributed by atoms with Gasteiger partial charge in [-0.2, -0.15) is 15.0 Å². The Morgan fingerprint density at radius 1 is 1.11 bits per heavy atom. The molecule has 2 aliphatic rings. The molecule has 1 saturated heterocycles. The van der Waals surface area contributed by atoms with E-state index in [1.165, 1.54) is 25.7 Å². The first kappa shape index (κ1) is 11.5. The first-order valence-corrected chi connectivity index (χ1v) is 6.78. The SMILES string of the molecule is CNc1nc(NCC2CC2)nc(N2CCCC2)n1. The Labute approximate surface area is 107 Å². The van der Waals surface area contributed by atoms with Crippen molar-refractivity contribution in [1.82, 2.24) is 15.0 Å². The van der Waals surface area contributed by atoms with Crippen molar-refractivity contribution >= 4 is 17.8 Å². The van der Waals surface area contributed by atoms with Crippen LogP contribution in [0.4, 0.5) is 17.8 Å². The number of hydrogen-bond acceptors (Lipinski definition) is 6. The molecule has 1 aromatic heterocycles. The average Bonchev–Trinajstić information content (AvgIpc) is 3.07. The summed E-state index contributed by atoms with van der Waals surface area (Å²) in [6, 6.07) is 0. The Morgan fingerprint density at radius 2 is 1.83 bits per heavy atom. The minimum absolute atomic E-state index is 0.644. The van der Waals surface area contributed by atoms with Crippen LogP contribution in [0, 0.1) is 5.92 Å². The summed E-state index contributed by atoms with van der Waals surface area (Å²) in [4.78, 5) is 15.5. The van der Waals surface area contributed by atoms with Crippen molar-refractivity contribution in [3.05, 3.63) is 0 Å². The van der Waals surface area contributed by atoms with Crippen LogP contribution in [0.15, 0.2) is 0 Å². The molecule has 18 heavy (non-hydrogen) atoms. The van der Waals surface area contributed by atoms with Gasteiger partial charge in [-0.3, -0.25) is 0 Å². The van der Waals surface area contributed by atoms with E-state index < -0.39 is 0 Å². The van der Waals surface area contributed by atoms with E-state index in [-0.39, 0.29) is 0 Å². The molecule has 6 nitrogen and oxygen atoms in total. The molecule has 0 spiro atoms. The van der Waals surface area contributed by atoms with E-state index in [1.54, 1.807) is 0 Å². The summed E-state index contributed by atoms with van der Waals surface area (Å²) in [7, 11) is 1.84. The number of hydrogen-bond donors (Lipinski definition) is 2. The Hall–Kier alpha value is -1.59. The van der Waals surface area contributed by atoms with Gasteiger partial charge < -0.3 is 15.5 Å². The summed E-state index contributed by atoms with van der Waals surface area (Å²) in [5.74, 6) is 2.95. The lowest BCUT2D eigenvalue weighted by atomic mass is 10.4. The molecule has 0 atom stereocenters. The zero-order valence-corrected chi connectivity index (χ0v) is 10.8. The van der Waals surface area contributed by atoms with Crippen LogP contribution in [-0.2, 0) is 0 Å². The fourth-order valence-electron chi connectivity index (χ4n) is 2.17. The highest BCUT2D eigenvalue weighted by molar-refractivity contribution is 5.44. The second kappa shape index (κ2) is 4.96. The number of aromatic nitrogens is 3. The van der Waals surface area contributed by atoms with E-state index in [2.05, 4.69) is 30.5 Å². The first-order valence-electron chi connectivity index (χ1n) is 6.78. The van der Waals surface area contributed by atoms with Crippen LogP contribution in [0.5, 0.6) is 0 Å². The summed E-state index contributed by atoms with van der Waals surface area (Å²) >= 11 is 0. The summed E-state index contributed by atoms with van der Waals surface area (Å²) < 4.78 is 0. The number of nitrogens with one attached hydrogen (secondary N) is 2. The van der Waals surface area contributed by atoms with Crippen molar-refractivity contribution in [2.45, 2.75) is 25.7 Å². The van der Waals surface area contributed by atoms with Gasteiger partial charge in [-0.05, 0) is 31.6 Å². The Balaban J connectivity index is 1.76. The highest BCUT2D eigenvalue weighted by Gasteiger charge is 2.22. The van der Waals surface area contributed by atoms with Gasteiger partial charge in [0.2, 0.25) is 17.8 Å². The van der Waals surface area contributed by atoms with Gasteiger partial charge >= 0.3 is 0 Å². The van der Waals surface area contributed by atoms with Crippen molar-refractivity contribution in [2.75, 3.05) is 42.2 Å². The number of nitrogens with zero attached hydrogens (tertiary/aromatic N) is 4. The molecule has 1 aliphatic carbocycles. The summed E-state index contributed by atoms with van der Waals surface area (Å²) in [6.07, 6.45) is 5.11. The molecule has 0 radical (unpaired) electrons. The third kappa shape index (κ3) is 2.63. The molecule has 0 amide bonds. The Morgan fingerprint density at radius 3 is 2.50 bits per heavy atom. The van der Waals surface area contributed by atoms with Gasteiger partial charge in [0.15, 0.2) is 0 Å². The van der Waals surface area contributed by atoms with E-state index in [0.717, 1.165) is 31.5 Å². The maximum Gasteiger partial charge on any atom is 0.231 e. The van der Waals surface area contributed by atoms with Crippen molar-refractivity contribution < 1.29 is 0 Å². The van der Waals surface area contributed by atoms with Crippen LogP contribution in [-0.4, -0.2) is 41.6 Å². The van der Waals surface area contributed by atoms with E-state index >= 15 is 0 Å². The molecule has 1 saturated carbocycles. The molecule has 2 fully saturated rings. The number of rotatable bonds is 5. The second-order valence-electron chi connectivity index (χ2n) is 5.05. The largest absolute Gasteiger partial charge is 0.357 e. The van der Waals surface area contributed by atoms with E-state index in [9.17, 15) is 0 Å². The quantitative estimate of drug-likeness (QED) is 0.819. The van der Waals surface area contributed by atoms with Crippen LogP contribution >= 0.6 is 0 Å². The lowest BCUT2D eigenvalue weighted by Gasteiger charge is -2.16. The van der Waals surface area contributed by atoms with Gasteiger partial charge in [-0.15, -0.1) is 0 Å². The Bertz CT molecular complexity index is 411. The van der Waals surface area contributed by atoms with Crippen LogP contribution in [0.25, 0.3) is 0 Å². The lowest BCUT2D eigenvalue weighted by molar-refractivity contribution is 0.849. The normalized spacial score (nSPS) is 19.1. The average molecular weight is 248 g/mol. The predicted octanol–water partition coefficient (Wildman–Crippen LogP) is 1.34. The smallest absolute Gasteiger partial charge is 0.231 e. The molecule has 6 heteroatoms. The zero-order valence-electron chi connectivity index (χ0n) is 10.8. The molecule has 98 valence electrons. The first-order chi connectivity index (χ1) is 8.85. The molecular formula is C12H20N6. The van der Waals surface area contributed by atoms with Crippen molar-refractivity contribution in [1.29, 1.82) is 0 Å². The third-order valence-electron chi connectivity index (χ3n) is 3.48. The maximum atomic E-state index is 4.52. The maximum absolute atomic E-state index is 4.52. The van der Waals surface area contributed by atoms with Gasteiger partial charge in [-0.1, -0.05) is 0 Å². The van der Waals surface area contributed by atoms with Gasteiger partial charge in [-0.25, -0.2) is 0 Å². The minimum Gasteiger partial charge on any atom is -0.357 e. The second-order valence-corrected chi connectivity index (χ2v) is 5.05. The molecular weight excluding hydrogens is 228 g/mol. The highest BCUT2D eigenvalue weighted by Crippen LogP contribution is 2.28. The zero-order chi connectivity index (χ0) is 12.4. The number of anilines is 3. The van der Waals surface area contributed by atoms with Gasteiger partial charge in [0.1, 0.15) is 0 Å². The standard InChI is InChI=1S/C12H20N6/c1-13-10-15-11(14-8-9-4-5-9)17-12(16-10)18-6-2-3-7-18/h9H,2-8H2,1H3,(H2,13,14,15,16,17). The third-order valence-corrected chi connectivity index (χ3v) is 3.48. The fraction of sp³-hybridized carbons (Fsp3) is 0.750. The summed E-state index contributed by atoms with van der Waals surface area (Å²) in [5, 5.41) is 6.32. The summed E-state index contributed by atoms with van der Waals surface area (Å²) in [5.41, 5.74) is 0. The van der Waals surface area contributed by atoms with Gasteiger partial charge in [0.05, 0.1) is 0 Å². The van der Waals surface area contributed by atoms with Gasteiger partial charge in [0.25, 0.3) is 0 Å². The van der Waals surface area contributed by atoms with E-state index in [4.69, 9.17) is 0 Å². The van der Waals surface area contributed by atoms with Crippen molar-refractivity contribution in [3.8, 4) is 0 Å². The molecule has 2 heterocycles. The predicted molar refractivity (Wildman–Crippen MR) is 72.0 cm³/mol. The summed E-state index contributed by atoms with van der Waals surface area (Å²) in [6.45, 7) is 3.08. The van der Waals surface area contributed by atoms with Gasteiger partial charge in [0, 0.05) is 26.7 Å². The molecule has 1 aromatic rings. The van der Waals surface area contributed by atoms with E-state index in [1.807, 2.05) is 7.05 Å². The van der Waals surface area contributed by atoms with Crippen molar-refractivity contribution in [3.63, 3.8) is 0 Å². The topological polar surface area (TPSA) is 66.0 Å². The van der Waals surface area contributed by atoms with Crippen LogP contribution in [0.3, 0.4) is 0 Å². The Kier molecular flexibility index (Phi) is 3.17. The van der Waals surface area contributed by atoms with Crippen molar-refractivity contribution in [2.24, 2.45) is 5.92 Å². The molecule has 0 aromatic carbocycles. The molecule has 0 unspecified atom stereocenters. The van der Waals surface area contributed by atoms with Crippen LogP contribution < -0.4 is 15.5 Å². The van der Waals surface area contributed by atoms with Crippen LogP contribution in [0.1, 0.15) is 25.7 Å². The highest BCUT2D eigenvalue weighted by atomic mass is 15.3. The van der Waals surface area contributed by atoms with E-state index in [0.29, 0.717) is 11.9 Å².